The van der Waals surface area contributed by atoms with Gasteiger partial charge in [0.2, 0.25) is 0 Å². The fraction of sp³-hybridized carbons (Fsp3) is 0.917. The maximum absolute atomic E-state index is 4.12. The Morgan fingerprint density at radius 1 is 1.17 bits per heavy atom. The van der Waals surface area contributed by atoms with E-state index in [-0.39, 0.29) is 5.41 Å². The van der Waals surface area contributed by atoms with Gasteiger partial charge in [-0.25, -0.2) is 0 Å². The molecule has 73 valence electrons. The van der Waals surface area contributed by atoms with Crippen molar-refractivity contribution in [1.29, 1.82) is 0 Å². The molecule has 12 heavy (non-hydrogen) atoms. The SMILES string of the molecule is [CH2]C(C)(C)CCC(C)CC(C)C. The summed E-state index contributed by atoms with van der Waals surface area (Å²) >= 11 is 0. The molecular weight excluding hydrogens is 144 g/mol. The van der Waals surface area contributed by atoms with Gasteiger partial charge in [0.1, 0.15) is 0 Å². The molecule has 0 spiro atoms. The standard InChI is InChI=1S/C12H25/c1-10(2)9-11(3)7-8-12(4,5)6/h10-11H,4,7-9H2,1-3,5-6H3. The maximum atomic E-state index is 4.12. The van der Waals surface area contributed by atoms with E-state index in [0.29, 0.717) is 0 Å². The quantitative estimate of drug-likeness (QED) is 0.575. The molecule has 0 bridgehead atoms. The molecule has 0 nitrogen and oxygen atoms in total. The minimum absolute atomic E-state index is 0.269. The minimum Gasteiger partial charge on any atom is -0.0628 e. The van der Waals surface area contributed by atoms with Crippen molar-refractivity contribution in [2.75, 3.05) is 0 Å². The Labute approximate surface area is 78.8 Å². The summed E-state index contributed by atoms with van der Waals surface area (Å²) in [5.41, 5.74) is 0.269. The Morgan fingerprint density at radius 3 is 2.00 bits per heavy atom. The lowest BCUT2D eigenvalue weighted by Gasteiger charge is -2.21. The van der Waals surface area contributed by atoms with Crippen LogP contribution in [0.4, 0.5) is 0 Å². The zero-order valence-corrected chi connectivity index (χ0v) is 9.48. The molecule has 0 N–H and O–H groups in total. The molecule has 1 radical (unpaired) electrons. The monoisotopic (exact) mass is 169 g/mol. The summed E-state index contributed by atoms with van der Waals surface area (Å²) < 4.78 is 0. The summed E-state index contributed by atoms with van der Waals surface area (Å²) in [5, 5.41) is 0. The Hall–Kier alpha value is 0. The molecule has 0 heteroatoms. The zero-order chi connectivity index (χ0) is 9.78. The zero-order valence-electron chi connectivity index (χ0n) is 9.48. The molecule has 0 rings (SSSR count). The summed E-state index contributed by atoms with van der Waals surface area (Å²) in [5.74, 6) is 1.71. The van der Waals surface area contributed by atoms with Gasteiger partial charge in [-0.05, 0) is 37.0 Å². The Kier molecular flexibility index (Phi) is 4.89. The van der Waals surface area contributed by atoms with E-state index in [0.717, 1.165) is 11.8 Å². The second-order valence-electron chi connectivity index (χ2n) is 5.44. The van der Waals surface area contributed by atoms with Crippen molar-refractivity contribution >= 4 is 0 Å². The lowest BCUT2D eigenvalue weighted by molar-refractivity contribution is 0.335. The topological polar surface area (TPSA) is 0 Å². The minimum atomic E-state index is 0.269. The normalized spacial score (nSPS) is 15.2. The van der Waals surface area contributed by atoms with Crippen LogP contribution in [0.5, 0.6) is 0 Å². The van der Waals surface area contributed by atoms with Crippen molar-refractivity contribution in [2.24, 2.45) is 17.3 Å². The summed E-state index contributed by atoms with van der Waals surface area (Å²) in [7, 11) is 0. The van der Waals surface area contributed by atoms with Crippen LogP contribution in [0.25, 0.3) is 0 Å². The molecule has 0 aromatic heterocycles. The molecule has 0 amide bonds. The fourth-order valence-electron chi connectivity index (χ4n) is 1.56. The lowest BCUT2D eigenvalue weighted by Crippen LogP contribution is -2.09. The van der Waals surface area contributed by atoms with Gasteiger partial charge in [0.05, 0.1) is 0 Å². The Bertz CT molecular complexity index is 106. The lowest BCUT2D eigenvalue weighted by atomic mass is 9.85. The van der Waals surface area contributed by atoms with Gasteiger partial charge in [0, 0.05) is 0 Å². The van der Waals surface area contributed by atoms with E-state index in [4.69, 9.17) is 0 Å². The molecule has 0 heterocycles. The van der Waals surface area contributed by atoms with E-state index >= 15 is 0 Å². The third-order valence-corrected chi connectivity index (χ3v) is 2.19. The highest BCUT2D eigenvalue weighted by Crippen LogP contribution is 2.25. The van der Waals surface area contributed by atoms with Gasteiger partial charge in [0.25, 0.3) is 0 Å². The van der Waals surface area contributed by atoms with E-state index in [2.05, 4.69) is 41.5 Å². The van der Waals surface area contributed by atoms with Crippen LogP contribution in [0.1, 0.15) is 53.9 Å². The van der Waals surface area contributed by atoms with Gasteiger partial charge in [-0.2, -0.15) is 0 Å². The molecule has 0 fully saturated rings. The summed E-state index contributed by atoms with van der Waals surface area (Å²) in [6.45, 7) is 15.5. The smallest absolute Gasteiger partial charge is 0.0354 e. The van der Waals surface area contributed by atoms with E-state index in [1.807, 2.05) is 0 Å². The number of rotatable bonds is 5. The van der Waals surface area contributed by atoms with E-state index in [1.54, 1.807) is 0 Å². The largest absolute Gasteiger partial charge is 0.0628 e. The van der Waals surface area contributed by atoms with Crippen LogP contribution in [-0.2, 0) is 0 Å². The molecule has 0 aliphatic rings. The second-order valence-corrected chi connectivity index (χ2v) is 5.44. The van der Waals surface area contributed by atoms with Gasteiger partial charge in [0.15, 0.2) is 0 Å². The molecule has 0 aliphatic carbocycles. The molecule has 0 saturated carbocycles. The first-order valence-electron chi connectivity index (χ1n) is 5.16. The predicted octanol–water partition coefficient (Wildman–Crippen LogP) is 4.31. The van der Waals surface area contributed by atoms with Crippen molar-refractivity contribution < 1.29 is 0 Å². The van der Waals surface area contributed by atoms with Crippen LogP contribution in [0.3, 0.4) is 0 Å². The predicted molar refractivity (Wildman–Crippen MR) is 57.0 cm³/mol. The van der Waals surface area contributed by atoms with Crippen LogP contribution in [0, 0.1) is 24.2 Å². The molecule has 0 saturated heterocycles. The first-order valence-corrected chi connectivity index (χ1v) is 5.16. The molecule has 0 aromatic carbocycles. The van der Waals surface area contributed by atoms with Crippen molar-refractivity contribution in [3.05, 3.63) is 6.92 Å². The van der Waals surface area contributed by atoms with Crippen LogP contribution in [0.15, 0.2) is 0 Å². The van der Waals surface area contributed by atoms with Crippen molar-refractivity contribution in [1.82, 2.24) is 0 Å². The molecule has 0 aromatic rings. The average molecular weight is 169 g/mol. The first-order chi connectivity index (χ1) is 5.31. The highest BCUT2D eigenvalue weighted by molar-refractivity contribution is 4.71. The summed E-state index contributed by atoms with van der Waals surface area (Å²) in [6, 6.07) is 0. The Morgan fingerprint density at radius 2 is 1.67 bits per heavy atom. The van der Waals surface area contributed by atoms with Gasteiger partial charge in [-0.15, -0.1) is 0 Å². The highest BCUT2D eigenvalue weighted by Gasteiger charge is 2.13. The molecule has 0 aliphatic heterocycles. The van der Waals surface area contributed by atoms with Crippen molar-refractivity contribution in [3.8, 4) is 0 Å². The third kappa shape index (κ3) is 8.10. The summed E-state index contributed by atoms with van der Waals surface area (Å²) in [4.78, 5) is 0. The third-order valence-electron chi connectivity index (χ3n) is 2.19. The van der Waals surface area contributed by atoms with Gasteiger partial charge in [-0.1, -0.05) is 41.0 Å². The number of hydrogen-bond donors (Lipinski definition) is 0. The van der Waals surface area contributed by atoms with Crippen molar-refractivity contribution in [3.63, 3.8) is 0 Å². The average Bonchev–Trinajstić information content (AvgIpc) is 1.80. The van der Waals surface area contributed by atoms with Crippen LogP contribution in [0.2, 0.25) is 0 Å². The summed E-state index contributed by atoms with van der Waals surface area (Å²) in [6.07, 6.45) is 3.94. The van der Waals surface area contributed by atoms with E-state index in [1.165, 1.54) is 19.3 Å². The Balaban J connectivity index is 3.51. The van der Waals surface area contributed by atoms with Crippen LogP contribution in [-0.4, -0.2) is 0 Å². The van der Waals surface area contributed by atoms with Crippen LogP contribution < -0.4 is 0 Å². The van der Waals surface area contributed by atoms with Crippen molar-refractivity contribution in [2.45, 2.75) is 53.9 Å². The second kappa shape index (κ2) is 4.89. The van der Waals surface area contributed by atoms with Crippen LogP contribution >= 0.6 is 0 Å². The number of hydrogen-bond acceptors (Lipinski definition) is 0. The van der Waals surface area contributed by atoms with Gasteiger partial charge in [-0.3, -0.25) is 0 Å². The molecular formula is C12H25. The van der Waals surface area contributed by atoms with E-state index in [9.17, 15) is 0 Å². The van der Waals surface area contributed by atoms with Gasteiger partial charge >= 0.3 is 0 Å². The molecule has 1 unspecified atom stereocenters. The van der Waals surface area contributed by atoms with E-state index < -0.39 is 0 Å². The maximum Gasteiger partial charge on any atom is -0.0354 e. The van der Waals surface area contributed by atoms with Gasteiger partial charge < -0.3 is 0 Å². The molecule has 1 atom stereocenters. The fourth-order valence-corrected chi connectivity index (χ4v) is 1.56. The first kappa shape index (κ1) is 12.0. The highest BCUT2D eigenvalue weighted by atomic mass is 14.2.